The van der Waals surface area contributed by atoms with Crippen molar-refractivity contribution in [2.45, 2.75) is 13.1 Å². The zero-order chi connectivity index (χ0) is 11.2. The minimum absolute atomic E-state index is 0.0299. The number of nitrogens with zero attached hydrogens (tertiary/aromatic N) is 1. The Hall–Kier alpha value is -1.81. The molecule has 0 radical (unpaired) electrons. The molecule has 4 nitrogen and oxygen atoms in total. The van der Waals surface area contributed by atoms with Gasteiger partial charge in [0.15, 0.2) is 0 Å². The molecular formula is C12H14N2O2. The molecule has 0 aromatic carbocycles. The molecule has 0 aliphatic rings. The van der Waals surface area contributed by atoms with Gasteiger partial charge < -0.3 is 14.3 Å². The van der Waals surface area contributed by atoms with Crippen molar-refractivity contribution >= 4 is 0 Å². The predicted molar refractivity (Wildman–Crippen MR) is 61.1 cm³/mol. The van der Waals surface area contributed by atoms with E-state index in [9.17, 15) is 4.79 Å². The lowest BCUT2D eigenvalue weighted by Crippen LogP contribution is -2.25. The van der Waals surface area contributed by atoms with Crippen molar-refractivity contribution in [1.29, 1.82) is 0 Å². The van der Waals surface area contributed by atoms with Gasteiger partial charge in [0.2, 0.25) is 0 Å². The van der Waals surface area contributed by atoms with Gasteiger partial charge in [-0.05, 0) is 18.2 Å². The van der Waals surface area contributed by atoms with Crippen LogP contribution < -0.4 is 10.9 Å². The largest absolute Gasteiger partial charge is 0.468 e. The van der Waals surface area contributed by atoms with E-state index in [2.05, 4.69) is 5.32 Å². The highest BCUT2D eigenvalue weighted by Gasteiger charge is 1.95. The third kappa shape index (κ3) is 2.84. The van der Waals surface area contributed by atoms with E-state index in [1.807, 2.05) is 18.2 Å². The van der Waals surface area contributed by atoms with Gasteiger partial charge in [0.1, 0.15) is 5.76 Å². The summed E-state index contributed by atoms with van der Waals surface area (Å²) >= 11 is 0. The molecule has 0 unspecified atom stereocenters. The molecule has 2 aromatic rings. The van der Waals surface area contributed by atoms with Crippen molar-refractivity contribution in [2.24, 2.45) is 0 Å². The summed E-state index contributed by atoms with van der Waals surface area (Å²) in [5.74, 6) is 0.903. The molecule has 84 valence electrons. The van der Waals surface area contributed by atoms with E-state index in [1.165, 1.54) is 0 Å². The summed E-state index contributed by atoms with van der Waals surface area (Å²) in [5.41, 5.74) is 0.0299. The predicted octanol–water partition coefficient (Wildman–Crippen LogP) is 1.23. The van der Waals surface area contributed by atoms with Gasteiger partial charge in [-0.2, -0.15) is 0 Å². The molecule has 0 aliphatic heterocycles. The monoisotopic (exact) mass is 218 g/mol. The van der Waals surface area contributed by atoms with Crippen molar-refractivity contribution in [3.8, 4) is 0 Å². The fraction of sp³-hybridized carbons (Fsp3) is 0.250. The third-order valence-electron chi connectivity index (χ3n) is 2.31. The van der Waals surface area contributed by atoms with Crippen molar-refractivity contribution in [3.05, 3.63) is 58.9 Å². The Morgan fingerprint density at radius 1 is 1.25 bits per heavy atom. The van der Waals surface area contributed by atoms with Gasteiger partial charge >= 0.3 is 0 Å². The summed E-state index contributed by atoms with van der Waals surface area (Å²) in [7, 11) is 0. The molecule has 0 aliphatic carbocycles. The number of aromatic nitrogens is 1. The van der Waals surface area contributed by atoms with Crippen LogP contribution in [-0.4, -0.2) is 11.1 Å². The molecule has 0 saturated carbocycles. The van der Waals surface area contributed by atoms with E-state index in [0.29, 0.717) is 13.1 Å². The normalized spacial score (nSPS) is 10.5. The molecule has 1 N–H and O–H groups in total. The first kappa shape index (κ1) is 10.7. The fourth-order valence-electron chi connectivity index (χ4n) is 1.47. The maximum Gasteiger partial charge on any atom is 0.250 e. The van der Waals surface area contributed by atoms with E-state index >= 15 is 0 Å². The minimum atomic E-state index is 0.0299. The van der Waals surface area contributed by atoms with Gasteiger partial charge in [-0.15, -0.1) is 0 Å². The van der Waals surface area contributed by atoms with Crippen LogP contribution in [0.15, 0.2) is 52.0 Å². The van der Waals surface area contributed by atoms with E-state index in [0.717, 1.165) is 12.3 Å². The molecule has 4 heteroatoms. The van der Waals surface area contributed by atoms with Crippen LogP contribution in [0.4, 0.5) is 0 Å². The van der Waals surface area contributed by atoms with Gasteiger partial charge in [-0.1, -0.05) is 6.07 Å². The van der Waals surface area contributed by atoms with Crippen LogP contribution in [-0.2, 0) is 13.1 Å². The average molecular weight is 218 g/mol. The summed E-state index contributed by atoms with van der Waals surface area (Å²) < 4.78 is 6.85. The Bertz CT molecular complexity index is 474. The highest BCUT2D eigenvalue weighted by atomic mass is 16.3. The molecular weight excluding hydrogens is 204 g/mol. The quantitative estimate of drug-likeness (QED) is 0.768. The van der Waals surface area contributed by atoms with Gasteiger partial charge in [0, 0.05) is 25.4 Å². The molecule has 0 atom stereocenters. The fourth-order valence-corrected chi connectivity index (χ4v) is 1.47. The van der Waals surface area contributed by atoms with E-state index in [4.69, 9.17) is 4.42 Å². The zero-order valence-corrected chi connectivity index (χ0v) is 8.93. The molecule has 2 rings (SSSR count). The standard InChI is InChI=1S/C12H14N2O2/c15-12-5-1-2-7-14(12)8-6-13-10-11-4-3-9-16-11/h1-5,7,9,13H,6,8,10H2. The number of nitrogens with one attached hydrogen (secondary N) is 1. The Morgan fingerprint density at radius 2 is 2.19 bits per heavy atom. The third-order valence-corrected chi connectivity index (χ3v) is 2.31. The summed E-state index contributed by atoms with van der Waals surface area (Å²) in [6, 6.07) is 8.94. The number of furan rings is 1. The van der Waals surface area contributed by atoms with E-state index in [1.54, 1.807) is 29.2 Å². The molecule has 2 heterocycles. The molecule has 0 saturated heterocycles. The van der Waals surface area contributed by atoms with Crippen molar-refractivity contribution < 1.29 is 4.42 Å². The maximum absolute atomic E-state index is 11.4. The second-order valence-corrected chi connectivity index (χ2v) is 3.49. The van der Waals surface area contributed by atoms with Crippen LogP contribution >= 0.6 is 0 Å². The van der Waals surface area contributed by atoms with Crippen LogP contribution in [0.2, 0.25) is 0 Å². The minimum Gasteiger partial charge on any atom is -0.468 e. The summed E-state index contributed by atoms with van der Waals surface area (Å²) in [6.07, 6.45) is 3.44. The first-order valence-corrected chi connectivity index (χ1v) is 5.25. The number of rotatable bonds is 5. The topological polar surface area (TPSA) is 47.2 Å². The first-order chi connectivity index (χ1) is 7.86. The van der Waals surface area contributed by atoms with Crippen LogP contribution in [0.25, 0.3) is 0 Å². The van der Waals surface area contributed by atoms with Gasteiger partial charge in [0.05, 0.1) is 12.8 Å². The molecule has 2 aromatic heterocycles. The Kier molecular flexibility index (Phi) is 3.56. The molecule has 0 amide bonds. The van der Waals surface area contributed by atoms with Gasteiger partial charge in [-0.25, -0.2) is 0 Å². The zero-order valence-electron chi connectivity index (χ0n) is 8.93. The lowest BCUT2D eigenvalue weighted by Gasteiger charge is -2.05. The second kappa shape index (κ2) is 5.32. The van der Waals surface area contributed by atoms with Crippen LogP contribution in [0.5, 0.6) is 0 Å². The van der Waals surface area contributed by atoms with Crippen molar-refractivity contribution in [3.63, 3.8) is 0 Å². The Labute approximate surface area is 93.5 Å². The van der Waals surface area contributed by atoms with Gasteiger partial charge in [0.25, 0.3) is 5.56 Å². The number of pyridine rings is 1. The Morgan fingerprint density at radius 3 is 2.94 bits per heavy atom. The van der Waals surface area contributed by atoms with Gasteiger partial charge in [-0.3, -0.25) is 4.79 Å². The van der Waals surface area contributed by atoms with Crippen molar-refractivity contribution in [1.82, 2.24) is 9.88 Å². The van der Waals surface area contributed by atoms with E-state index < -0.39 is 0 Å². The summed E-state index contributed by atoms with van der Waals surface area (Å²) in [4.78, 5) is 11.4. The lowest BCUT2D eigenvalue weighted by molar-refractivity contribution is 0.474. The van der Waals surface area contributed by atoms with Crippen LogP contribution in [0, 0.1) is 0 Å². The molecule has 0 fully saturated rings. The summed E-state index contributed by atoms with van der Waals surface area (Å²) in [5, 5.41) is 3.21. The van der Waals surface area contributed by atoms with Crippen LogP contribution in [0.1, 0.15) is 5.76 Å². The Balaban J connectivity index is 1.76. The second-order valence-electron chi connectivity index (χ2n) is 3.49. The lowest BCUT2D eigenvalue weighted by atomic mass is 10.4. The number of hydrogen-bond donors (Lipinski definition) is 1. The van der Waals surface area contributed by atoms with E-state index in [-0.39, 0.29) is 5.56 Å². The first-order valence-electron chi connectivity index (χ1n) is 5.25. The van der Waals surface area contributed by atoms with Crippen LogP contribution in [0.3, 0.4) is 0 Å². The SMILES string of the molecule is O=c1ccccn1CCNCc1ccco1. The summed E-state index contributed by atoms with van der Waals surface area (Å²) in [6.45, 7) is 2.10. The number of hydrogen-bond acceptors (Lipinski definition) is 3. The maximum atomic E-state index is 11.4. The molecule has 0 bridgehead atoms. The smallest absolute Gasteiger partial charge is 0.250 e. The molecule has 0 spiro atoms. The van der Waals surface area contributed by atoms with Crippen molar-refractivity contribution in [2.75, 3.05) is 6.54 Å². The molecule has 16 heavy (non-hydrogen) atoms. The highest BCUT2D eigenvalue weighted by molar-refractivity contribution is 4.97. The average Bonchev–Trinajstić information content (AvgIpc) is 2.79. The highest BCUT2D eigenvalue weighted by Crippen LogP contribution is 1.97.